The van der Waals surface area contributed by atoms with Crippen molar-refractivity contribution < 1.29 is 27.8 Å². The zero-order valence-electron chi connectivity index (χ0n) is 22.2. The molecule has 4 rings (SSSR count). The summed E-state index contributed by atoms with van der Waals surface area (Å²) in [5.41, 5.74) is 1.58. The lowest BCUT2D eigenvalue weighted by Gasteiger charge is -2.27. The molecule has 0 amide bonds. The van der Waals surface area contributed by atoms with Gasteiger partial charge in [-0.1, -0.05) is 67.1 Å². The molecule has 1 N–H and O–H groups in total. The molecular formula is C31H32ClF3N2O3. The molecule has 0 aliphatic carbocycles. The van der Waals surface area contributed by atoms with Crippen LogP contribution in [-0.4, -0.2) is 40.2 Å². The van der Waals surface area contributed by atoms with E-state index >= 15 is 0 Å². The van der Waals surface area contributed by atoms with Crippen molar-refractivity contribution in [3.8, 4) is 5.75 Å². The maximum Gasteiger partial charge on any atom is 0.417 e. The molecule has 1 atom stereocenters. The Morgan fingerprint density at radius 1 is 1.02 bits per heavy atom. The summed E-state index contributed by atoms with van der Waals surface area (Å²) in [5.74, 6) is -0.0530. The van der Waals surface area contributed by atoms with Crippen LogP contribution in [-0.2, 0) is 24.1 Å². The Morgan fingerprint density at radius 2 is 1.77 bits per heavy atom. The Bertz CT molecular complexity index is 1420. The van der Waals surface area contributed by atoms with Gasteiger partial charge in [0.2, 0.25) is 0 Å². The minimum atomic E-state index is -4.51. The number of unbranched alkanes of at least 4 members (excludes halogenated alkanes) is 1. The zero-order valence-corrected chi connectivity index (χ0v) is 23.0. The van der Waals surface area contributed by atoms with E-state index in [0.29, 0.717) is 37.6 Å². The Kier molecular flexibility index (Phi) is 9.76. The maximum atomic E-state index is 13.4. The monoisotopic (exact) mass is 572 g/mol. The number of halogens is 4. The van der Waals surface area contributed by atoms with Gasteiger partial charge in [-0.3, -0.25) is 9.69 Å². The fourth-order valence-electron chi connectivity index (χ4n) is 4.90. The zero-order chi connectivity index (χ0) is 28.7. The second kappa shape index (κ2) is 13.2. The number of carbonyl (C=O) groups is 1. The van der Waals surface area contributed by atoms with Gasteiger partial charge in [0.05, 0.1) is 22.7 Å². The van der Waals surface area contributed by atoms with E-state index < -0.39 is 17.7 Å². The minimum Gasteiger partial charge on any atom is -0.493 e. The standard InChI is InChI=1S/C31H32ClF3N2O3/c1-22(23-9-3-2-4-10-23)19-36(20-24-11-7-12-26(30(24)32)31(33,34)35)16-5-6-18-40-28-14-8-13-27-25(28)15-17-37(27)21-29(38)39/h2-4,7-15,17,22H,5-6,16,18-21H2,1H3,(H,38,39)/t22-/m1/s1. The van der Waals surface area contributed by atoms with Gasteiger partial charge in [-0.15, -0.1) is 0 Å². The average Bonchev–Trinajstić information content (AvgIpc) is 3.32. The number of rotatable bonds is 13. The quantitative estimate of drug-likeness (QED) is 0.166. The van der Waals surface area contributed by atoms with Crippen molar-refractivity contribution in [2.45, 2.75) is 44.9 Å². The minimum absolute atomic E-state index is 0.125. The van der Waals surface area contributed by atoms with Crippen LogP contribution in [0.3, 0.4) is 0 Å². The van der Waals surface area contributed by atoms with Crippen LogP contribution >= 0.6 is 11.6 Å². The number of fused-ring (bicyclic) bond motifs is 1. The van der Waals surface area contributed by atoms with Crippen LogP contribution in [0.25, 0.3) is 10.9 Å². The van der Waals surface area contributed by atoms with Gasteiger partial charge in [0.15, 0.2) is 0 Å². The van der Waals surface area contributed by atoms with Crippen molar-refractivity contribution in [2.75, 3.05) is 19.7 Å². The number of aromatic nitrogens is 1. The summed E-state index contributed by atoms with van der Waals surface area (Å²) in [6, 6.07) is 21.5. The summed E-state index contributed by atoms with van der Waals surface area (Å²) in [6.45, 7) is 4.06. The third kappa shape index (κ3) is 7.58. The molecule has 0 saturated heterocycles. The summed E-state index contributed by atoms with van der Waals surface area (Å²) in [6.07, 6.45) is -1.27. The molecule has 0 unspecified atom stereocenters. The van der Waals surface area contributed by atoms with Crippen LogP contribution in [0, 0.1) is 0 Å². The summed E-state index contributed by atoms with van der Waals surface area (Å²) in [4.78, 5) is 13.3. The molecule has 0 saturated carbocycles. The maximum absolute atomic E-state index is 13.4. The summed E-state index contributed by atoms with van der Waals surface area (Å²) < 4.78 is 48.0. The highest BCUT2D eigenvalue weighted by Gasteiger charge is 2.34. The first-order valence-electron chi connectivity index (χ1n) is 13.2. The van der Waals surface area contributed by atoms with E-state index in [-0.39, 0.29) is 17.5 Å². The second-order valence-electron chi connectivity index (χ2n) is 9.91. The predicted molar refractivity (Wildman–Crippen MR) is 151 cm³/mol. The van der Waals surface area contributed by atoms with Gasteiger partial charge in [0, 0.05) is 24.7 Å². The van der Waals surface area contributed by atoms with Crippen LogP contribution in [0.5, 0.6) is 5.75 Å². The molecule has 0 bridgehead atoms. The van der Waals surface area contributed by atoms with Crippen LogP contribution in [0.2, 0.25) is 5.02 Å². The van der Waals surface area contributed by atoms with Gasteiger partial charge in [0.25, 0.3) is 0 Å². The number of carboxylic acids is 1. The lowest BCUT2D eigenvalue weighted by Crippen LogP contribution is -2.29. The summed E-state index contributed by atoms with van der Waals surface area (Å²) in [5, 5.41) is 9.72. The molecule has 0 aliphatic rings. The lowest BCUT2D eigenvalue weighted by atomic mass is 10.00. The van der Waals surface area contributed by atoms with Crippen LogP contribution in [0.15, 0.2) is 79.0 Å². The Morgan fingerprint density at radius 3 is 2.50 bits per heavy atom. The highest BCUT2D eigenvalue weighted by molar-refractivity contribution is 6.32. The number of benzene rings is 3. The molecule has 0 radical (unpaired) electrons. The van der Waals surface area contributed by atoms with Crippen molar-refractivity contribution >= 4 is 28.5 Å². The third-order valence-corrected chi connectivity index (χ3v) is 7.33. The SMILES string of the molecule is C[C@H](CN(CCCCOc1cccc2c1ccn2CC(=O)O)Cc1cccc(C(F)(F)F)c1Cl)c1ccccc1. The molecule has 0 aliphatic heterocycles. The average molecular weight is 573 g/mol. The van der Waals surface area contributed by atoms with E-state index in [0.717, 1.165) is 35.4 Å². The van der Waals surface area contributed by atoms with E-state index in [1.54, 1.807) is 16.8 Å². The summed E-state index contributed by atoms with van der Waals surface area (Å²) >= 11 is 6.22. The molecule has 9 heteroatoms. The van der Waals surface area contributed by atoms with Gasteiger partial charge in [-0.25, -0.2) is 0 Å². The fourth-order valence-corrected chi connectivity index (χ4v) is 5.19. The van der Waals surface area contributed by atoms with Gasteiger partial charge in [-0.05, 0) is 60.7 Å². The first-order chi connectivity index (χ1) is 19.1. The van der Waals surface area contributed by atoms with Crippen molar-refractivity contribution in [2.24, 2.45) is 0 Å². The van der Waals surface area contributed by atoms with E-state index in [1.165, 1.54) is 6.07 Å². The number of carboxylic acid groups (broad SMARTS) is 1. The second-order valence-corrected chi connectivity index (χ2v) is 10.3. The van der Waals surface area contributed by atoms with Crippen LogP contribution in [0.1, 0.15) is 42.4 Å². The molecule has 3 aromatic carbocycles. The molecule has 0 fully saturated rings. The van der Waals surface area contributed by atoms with Gasteiger partial charge in [0.1, 0.15) is 12.3 Å². The summed E-state index contributed by atoms with van der Waals surface area (Å²) in [7, 11) is 0. The van der Waals surface area contributed by atoms with E-state index in [1.807, 2.05) is 42.5 Å². The third-order valence-electron chi connectivity index (χ3n) is 6.88. The molecule has 4 aromatic rings. The molecule has 40 heavy (non-hydrogen) atoms. The van der Waals surface area contributed by atoms with Crippen LogP contribution < -0.4 is 4.74 Å². The van der Waals surface area contributed by atoms with E-state index in [9.17, 15) is 18.0 Å². The Labute approximate surface area is 236 Å². The first-order valence-corrected chi connectivity index (χ1v) is 13.6. The number of aliphatic carboxylic acids is 1. The molecule has 212 valence electrons. The Balaban J connectivity index is 1.40. The van der Waals surface area contributed by atoms with E-state index in [2.05, 4.69) is 24.0 Å². The number of hydrogen-bond donors (Lipinski definition) is 1. The van der Waals surface area contributed by atoms with Gasteiger partial charge >= 0.3 is 12.1 Å². The normalized spacial score (nSPS) is 12.7. The van der Waals surface area contributed by atoms with Crippen molar-refractivity contribution in [1.82, 2.24) is 9.47 Å². The lowest BCUT2D eigenvalue weighted by molar-refractivity contribution is -0.138. The fraction of sp³-hybridized carbons (Fsp3) is 0.323. The number of nitrogens with zero attached hydrogens (tertiary/aromatic N) is 2. The number of hydrogen-bond acceptors (Lipinski definition) is 3. The van der Waals surface area contributed by atoms with Gasteiger partial charge in [-0.2, -0.15) is 13.2 Å². The first kappa shape index (κ1) is 29.5. The van der Waals surface area contributed by atoms with Crippen molar-refractivity contribution in [3.63, 3.8) is 0 Å². The predicted octanol–water partition coefficient (Wildman–Crippen LogP) is 7.86. The van der Waals surface area contributed by atoms with Crippen LogP contribution in [0.4, 0.5) is 13.2 Å². The Hall–Kier alpha value is -3.49. The highest BCUT2D eigenvalue weighted by atomic mass is 35.5. The number of ether oxygens (including phenoxy) is 1. The molecule has 5 nitrogen and oxygen atoms in total. The smallest absolute Gasteiger partial charge is 0.417 e. The van der Waals surface area contributed by atoms with Crippen molar-refractivity contribution in [1.29, 1.82) is 0 Å². The molecule has 0 spiro atoms. The number of alkyl halides is 3. The molecule has 1 aromatic heterocycles. The molecular weight excluding hydrogens is 541 g/mol. The van der Waals surface area contributed by atoms with Crippen molar-refractivity contribution in [3.05, 3.63) is 101 Å². The molecule has 1 heterocycles. The van der Waals surface area contributed by atoms with Gasteiger partial charge < -0.3 is 14.4 Å². The highest BCUT2D eigenvalue weighted by Crippen LogP contribution is 2.36. The van der Waals surface area contributed by atoms with E-state index in [4.69, 9.17) is 21.4 Å². The largest absolute Gasteiger partial charge is 0.493 e. The topological polar surface area (TPSA) is 54.7 Å².